The minimum Gasteiger partial charge on any atom is -0.488 e. The molecule has 0 radical (unpaired) electrons. The van der Waals surface area contributed by atoms with E-state index in [2.05, 4.69) is 5.32 Å². The molecular weight excluding hydrogens is 326 g/mol. The molecule has 1 fully saturated rings. The van der Waals surface area contributed by atoms with E-state index in [1.807, 2.05) is 63.2 Å². The van der Waals surface area contributed by atoms with Gasteiger partial charge in [0.15, 0.2) is 0 Å². The molecule has 0 bridgehead atoms. The van der Waals surface area contributed by atoms with E-state index < -0.39 is 5.60 Å². The molecule has 2 aromatic carbocycles. The number of piperidine rings is 1. The molecule has 0 saturated carbocycles. The van der Waals surface area contributed by atoms with Crippen LogP contribution >= 0.6 is 0 Å². The van der Waals surface area contributed by atoms with Crippen molar-refractivity contribution in [2.45, 2.75) is 44.8 Å². The van der Waals surface area contributed by atoms with E-state index in [0.29, 0.717) is 5.56 Å². The summed E-state index contributed by atoms with van der Waals surface area (Å²) in [6.45, 7) is 7.66. The standard InChI is InChI=1S/C22H27NO3/c1-21(2,3)25-19-11-9-17(10-12-19)20(24)26-22(13-15-23-16-14-22)18-7-5-4-6-8-18/h4-12,23H,13-16H2,1-3H3. The van der Waals surface area contributed by atoms with E-state index in [4.69, 9.17) is 9.47 Å². The minimum absolute atomic E-state index is 0.269. The van der Waals surface area contributed by atoms with E-state index in [1.54, 1.807) is 12.1 Å². The molecule has 1 saturated heterocycles. The van der Waals surface area contributed by atoms with Crippen molar-refractivity contribution in [2.75, 3.05) is 13.1 Å². The Morgan fingerprint density at radius 1 is 0.962 bits per heavy atom. The molecule has 0 aliphatic carbocycles. The Hall–Kier alpha value is -2.33. The normalized spacial score (nSPS) is 16.7. The Labute approximate surface area is 155 Å². The third-order valence-electron chi connectivity index (χ3n) is 4.51. The first-order chi connectivity index (χ1) is 12.4. The van der Waals surface area contributed by atoms with Gasteiger partial charge >= 0.3 is 5.97 Å². The molecule has 0 spiro atoms. The highest BCUT2D eigenvalue weighted by Crippen LogP contribution is 2.35. The Morgan fingerprint density at radius 2 is 1.58 bits per heavy atom. The van der Waals surface area contributed by atoms with Crippen molar-refractivity contribution < 1.29 is 14.3 Å². The van der Waals surface area contributed by atoms with Crippen LogP contribution in [0.4, 0.5) is 0 Å². The molecular formula is C22H27NO3. The Kier molecular flexibility index (Phi) is 5.33. The lowest BCUT2D eigenvalue weighted by atomic mass is 9.84. The van der Waals surface area contributed by atoms with E-state index in [9.17, 15) is 4.79 Å². The fraction of sp³-hybridized carbons (Fsp3) is 0.409. The zero-order valence-electron chi connectivity index (χ0n) is 15.7. The maximum atomic E-state index is 12.8. The van der Waals surface area contributed by atoms with Gasteiger partial charge in [0.2, 0.25) is 0 Å². The molecule has 138 valence electrons. The maximum absolute atomic E-state index is 12.8. The summed E-state index contributed by atoms with van der Waals surface area (Å²) in [6.07, 6.45) is 1.54. The Bertz CT molecular complexity index is 726. The lowest BCUT2D eigenvalue weighted by Gasteiger charge is -2.37. The van der Waals surface area contributed by atoms with Crippen LogP contribution in [0, 0.1) is 0 Å². The molecule has 1 aliphatic rings. The number of nitrogens with one attached hydrogen (secondary N) is 1. The van der Waals surface area contributed by atoms with Crippen molar-refractivity contribution >= 4 is 5.97 Å². The van der Waals surface area contributed by atoms with Gasteiger partial charge in [-0.1, -0.05) is 30.3 Å². The second-order valence-corrected chi connectivity index (χ2v) is 7.74. The quantitative estimate of drug-likeness (QED) is 0.833. The first kappa shape index (κ1) is 18.5. The first-order valence-corrected chi connectivity index (χ1v) is 9.17. The fourth-order valence-corrected chi connectivity index (χ4v) is 3.27. The van der Waals surface area contributed by atoms with Gasteiger partial charge in [0.1, 0.15) is 17.0 Å². The van der Waals surface area contributed by atoms with Crippen molar-refractivity contribution in [3.8, 4) is 5.75 Å². The highest BCUT2D eigenvalue weighted by atomic mass is 16.6. The molecule has 4 nitrogen and oxygen atoms in total. The molecule has 0 amide bonds. The molecule has 0 unspecified atom stereocenters. The zero-order chi connectivity index (χ0) is 18.6. The highest BCUT2D eigenvalue weighted by molar-refractivity contribution is 5.90. The average molecular weight is 353 g/mol. The van der Waals surface area contributed by atoms with Crippen LogP contribution in [0.1, 0.15) is 49.5 Å². The number of ether oxygens (including phenoxy) is 2. The van der Waals surface area contributed by atoms with Gasteiger partial charge in [-0.25, -0.2) is 4.79 Å². The largest absolute Gasteiger partial charge is 0.488 e. The lowest BCUT2D eigenvalue weighted by Crippen LogP contribution is -2.43. The molecule has 2 aromatic rings. The number of rotatable bonds is 4. The summed E-state index contributed by atoms with van der Waals surface area (Å²) in [6, 6.07) is 17.2. The number of carbonyl (C=O) groups is 1. The molecule has 1 aliphatic heterocycles. The third kappa shape index (κ3) is 4.44. The van der Waals surface area contributed by atoms with Crippen LogP contribution in [-0.4, -0.2) is 24.7 Å². The van der Waals surface area contributed by atoms with E-state index in [-0.39, 0.29) is 11.6 Å². The van der Waals surface area contributed by atoms with Crippen LogP contribution in [0.3, 0.4) is 0 Å². The zero-order valence-corrected chi connectivity index (χ0v) is 15.7. The van der Waals surface area contributed by atoms with Crippen LogP contribution in [0.15, 0.2) is 54.6 Å². The summed E-state index contributed by atoms with van der Waals surface area (Å²) in [5, 5.41) is 3.34. The Balaban J connectivity index is 1.78. The molecule has 3 rings (SSSR count). The fourth-order valence-electron chi connectivity index (χ4n) is 3.27. The van der Waals surface area contributed by atoms with Crippen LogP contribution < -0.4 is 10.1 Å². The molecule has 4 heteroatoms. The van der Waals surface area contributed by atoms with Gasteiger partial charge in [0, 0.05) is 12.8 Å². The number of carbonyl (C=O) groups excluding carboxylic acids is 1. The predicted molar refractivity (Wildman–Crippen MR) is 102 cm³/mol. The van der Waals surface area contributed by atoms with Gasteiger partial charge in [-0.2, -0.15) is 0 Å². The summed E-state index contributed by atoms with van der Waals surface area (Å²) in [5.74, 6) is 0.451. The first-order valence-electron chi connectivity index (χ1n) is 9.17. The van der Waals surface area contributed by atoms with E-state index >= 15 is 0 Å². The van der Waals surface area contributed by atoms with E-state index in [1.165, 1.54) is 0 Å². The summed E-state index contributed by atoms with van der Waals surface area (Å²) in [5.41, 5.74) is 0.765. The van der Waals surface area contributed by atoms with Crippen molar-refractivity contribution in [3.63, 3.8) is 0 Å². The second kappa shape index (κ2) is 7.50. The Morgan fingerprint density at radius 3 is 2.15 bits per heavy atom. The molecule has 1 heterocycles. The van der Waals surface area contributed by atoms with Gasteiger partial charge in [-0.3, -0.25) is 0 Å². The van der Waals surface area contributed by atoms with Gasteiger partial charge < -0.3 is 14.8 Å². The van der Waals surface area contributed by atoms with Crippen LogP contribution in [-0.2, 0) is 10.3 Å². The monoisotopic (exact) mass is 353 g/mol. The molecule has 0 aromatic heterocycles. The van der Waals surface area contributed by atoms with Crippen molar-refractivity contribution in [2.24, 2.45) is 0 Å². The summed E-state index contributed by atoms with van der Waals surface area (Å²) >= 11 is 0. The summed E-state index contributed by atoms with van der Waals surface area (Å²) < 4.78 is 11.9. The molecule has 0 atom stereocenters. The summed E-state index contributed by atoms with van der Waals surface area (Å²) in [7, 11) is 0. The van der Waals surface area contributed by atoms with Crippen LogP contribution in [0.2, 0.25) is 0 Å². The summed E-state index contributed by atoms with van der Waals surface area (Å²) in [4.78, 5) is 12.8. The number of hydrogen-bond donors (Lipinski definition) is 1. The highest BCUT2D eigenvalue weighted by Gasteiger charge is 2.38. The van der Waals surface area contributed by atoms with Gasteiger partial charge in [-0.15, -0.1) is 0 Å². The van der Waals surface area contributed by atoms with Gasteiger partial charge in [0.05, 0.1) is 5.56 Å². The molecule has 1 N–H and O–H groups in total. The van der Waals surface area contributed by atoms with Crippen molar-refractivity contribution in [1.82, 2.24) is 5.32 Å². The topological polar surface area (TPSA) is 47.6 Å². The number of hydrogen-bond acceptors (Lipinski definition) is 4. The number of benzene rings is 2. The number of esters is 1. The third-order valence-corrected chi connectivity index (χ3v) is 4.51. The smallest absolute Gasteiger partial charge is 0.339 e. The van der Waals surface area contributed by atoms with Gasteiger partial charge in [-0.05, 0) is 63.7 Å². The minimum atomic E-state index is -0.565. The van der Waals surface area contributed by atoms with Crippen LogP contribution in [0.5, 0.6) is 5.75 Å². The van der Waals surface area contributed by atoms with E-state index in [0.717, 1.165) is 37.2 Å². The average Bonchev–Trinajstić information content (AvgIpc) is 2.62. The lowest BCUT2D eigenvalue weighted by molar-refractivity contribution is -0.0378. The second-order valence-electron chi connectivity index (χ2n) is 7.74. The molecule has 26 heavy (non-hydrogen) atoms. The SMILES string of the molecule is CC(C)(C)Oc1ccc(C(=O)OC2(c3ccccc3)CCNCC2)cc1. The predicted octanol–water partition coefficient (Wildman–Crippen LogP) is 4.30. The van der Waals surface area contributed by atoms with Gasteiger partial charge in [0.25, 0.3) is 0 Å². The van der Waals surface area contributed by atoms with Crippen molar-refractivity contribution in [1.29, 1.82) is 0 Å². The van der Waals surface area contributed by atoms with Crippen LogP contribution in [0.25, 0.3) is 0 Å². The van der Waals surface area contributed by atoms with Crippen molar-refractivity contribution in [3.05, 3.63) is 65.7 Å². The maximum Gasteiger partial charge on any atom is 0.339 e.